The van der Waals surface area contributed by atoms with Gasteiger partial charge in [-0.15, -0.1) is 16.4 Å². The Hall–Kier alpha value is -0.850. The second kappa shape index (κ2) is 4.78. The van der Waals surface area contributed by atoms with Crippen LogP contribution < -0.4 is 0 Å². The van der Waals surface area contributed by atoms with Crippen LogP contribution in [0.5, 0.6) is 0 Å². The Bertz CT molecular complexity index is 490. The number of halogens is 1. The molecule has 0 aromatic carbocycles. The van der Waals surface area contributed by atoms with Crippen molar-refractivity contribution in [1.82, 2.24) is 9.59 Å². The molecule has 6 heteroatoms. The minimum absolute atomic E-state index is 0.0233. The van der Waals surface area contributed by atoms with Crippen molar-refractivity contribution in [2.24, 2.45) is 0 Å². The van der Waals surface area contributed by atoms with Gasteiger partial charge in [-0.05, 0) is 51.1 Å². The molecule has 0 saturated carbocycles. The number of allylic oxidation sites excluding steroid dienone is 1. The van der Waals surface area contributed by atoms with Gasteiger partial charge in [-0.2, -0.15) is 0 Å². The van der Waals surface area contributed by atoms with Gasteiger partial charge in [0.2, 0.25) is 0 Å². The maximum Gasteiger partial charge on any atom is 0.196 e. The smallest absolute Gasteiger partial charge is 0.196 e. The molecule has 0 fully saturated rings. The lowest BCUT2D eigenvalue weighted by atomic mass is 10.3. The lowest BCUT2D eigenvalue weighted by molar-refractivity contribution is 0.105. The van der Waals surface area contributed by atoms with E-state index >= 15 is 0 Å². The number of carbonyl (C=O) groups excluding carboxylic acids is 1. The summed E-state index contributed by atoms with van der Waals surface area (Å²) >= 11 is 5.99. The van der Waals surface area contributed by atoms with E-state index in [9.17, 15) is 4.79 Å². The van der Waals surface area contributed by atoms with Gasteiger partial charge >= 0.3 is 0 Å². The van der Waals surface area contributed by atoms with Crippen LogP contribution in [0.15, 0.2) is 27.4 Å². The Morgan fingerprint density at radius 3 is 3.00 bits per heavy atom. The number of aromatic nitrogens is 2. The molecule has 0 bridgehead atoms. The zero-order chi connectivity index (χ0) is 10.7. The Balaban J connectivity index is 2.14. The van der Waals surface area contributed by atoms with E-state index in [1.807, 2.05) is 11.4 Å². The van der Waals surface area contributed by atoms with Crippen molar-refractivity contribution in [3.63, 3.8) is 0 Å². The summed E-state index contributed by atoms with van der Waals surface area (Å²) in [4.78, 5) is 12.4. The molecule has 0 saturated heterocycles. The number of nitrogens with zero attached hydrogens (tertiary/aromatic N) is 2. The first-order valence-corrected chi connectivity index (χ1v) is 6.51. The van der Waals surface area contributed by atoms with Crippen LogP contribution >= 0.6 is 38.8 Å². The van der Waals surface area contributed by atoms with Gasteiger partial charge in [-0.3, -0.25) is 4.79 Å². The zero-order valence-electron chi connectivity index (χ0n) is 7.38. The first kappa shape index (κ1) is 10.7. The number of rotatable bonds is 3. The lowest BCUT2D eigenvalue weighted by Gasteiger charge is -1.89. The SMILES string of the molecule is O=C(/C=C/c1csnn1)c1sccc1Br. The highest BCUT2D eigenvalue weighted by atomic mass is 79.9. The Kier molecular flexibility index (Phi) is 3.40. The Labute approximate surface area is 103 Å². The van der Waals surface area contributed by atoms with E-state index in [4.69, 9.17) is 0 Å². The molecule has 0 spiro atoms. The van der Waals surface area contributed by atoms with E-state index in [1.54, 1.807) is 11.5 Å². The highest BCUT2D eigenvalue weighted by Gasteiger charge is 2.07. The van der Waals surface area contributed by atoms with E-state index in [-0.39, 0.29) is 5.78 Å². The average molecular weight is 301 g/mol. The molecule has 3 nitrogen and oxygen atoms in total. The molecule has 0 unspecified atom stereocenters. The van der Waals surface area contributed by atoms with Crippen molar-refractivity contribution in [3.05, 3.63) is 37.9 Å². The predicted molar refractivity (Wildman–Crippen MR) is 65.3 cm³/mol. The highest BCUT2D eigenvalue weighted by molar-refractivity contribution is 9.10. The summed E-state index contributed by atoms with van der Waals surface area (Å²) in [6, 6.07) is 1.86. The topological polar surface area (TPSA) is 42.9 Å². The van der Waals surface area contributed by atoms with Gasteiger partial charge in [0.25, 0.3) is 0 Å². The first-order valence-electron chi connectivity index (χ1n) is 4.00. The van der Waals surface area contributed by atoms with E-state index < -0.39 is 0 Å². The monoisotopic (exact) mass is 300 g/mol. The molecule has 0 aliphatic carbocycles. The average Bonchev–Trinajstić information content (AvgIpc) is 2.84. The van der Waals surface area contributed by atoms with E-state index in [0.29, 0.717) is 10.6 Å². The number of carbonyl (C=O) groups is 1. The fraction of sp³-hybridized carbons (Fsp3) is 0. The van der Waals surface area contributed by atoms with Crippen LogP contribution in [0.25, 0.3) is 6.08 Å². The van der Waals surface area contributed by atoms with Crippen LogP contribution in [-0.2, 0) is 0 Å². The van der Waals surface area contributed by atoms with Gasteiger partial charge in [0.05, 0.1) is 10.6 Å². The molecule has 2 heterocycles. The van der Waals surface area contributed by atoms with Gasteiger partial charge in [0.1, 0.15) is 0 Å². The number of ketones is 1. The van der Waals surface area contributed by atoms with E-state index in [2.05, 4.69) is 25.5 Å². The van der Waals surface area contributed by atoms with Gasteiger partial charge in [0.15, 0.2) is 5.78 Å². The van der Waals surface area contributed by atoms with Crippen LogP contribution in [-0.4, -0.2) is 15.4 Å². The molecule has 2 aromatic heterocycles. The normalized spacial score (nSPS) is 11.0. The molecular formula is C9H5BrN2OS2. The predicted octanol–water partition coefficient (Wildman–Crippen LogP) is 3.26. The molecular weight excluding hydrogens is 296 g/mol. The van der Waals surface area contributed by atoms with Crippen molar-refractivity contribution in [2.45, 2.75) is 0 Å². The number of thiophene rings is 1. The number of hydrogen-bond donors (Lipinski definition) is 0. The Morgan fingerprint density at radius 1 is 1.53 bits per heavy atom. The quantitative estimate of drug-likeness (QED) is 0.645. The lowest BCUT2D eigenvalue weighted by Crippen LogP contribution is -1.90. The third-order valence-electron chi connectivity index (χ3n) is 1.62. The maximum absolute atomic E-state index is 11.7. The van der Waals surface area contributed by atoms with Crippen LogP contribution in [0.3, 0.4) is 0 Å². The summed E-state index contributed by atoms with van der Waals surface area (Å²) in [6.45, 7) is 0. The largest absolute Gasteiger partial charge is 0.288 e. The second-order valence-electron chi connectivity index (χ2n) is 2.63. The standard InChI is InChI=1S/C9H5BrN2OS2/c10-7-3-4-14-9(7)8(13)2-1-6-5-15-12-11-6/h1-5H/b2-1+. The third-order valence-corrected chi connectivity index (χ3v) is 4.00. The molecule has 0 N–H and O–H groups in total. The molecule has 0 amide bonds. The zero-order valence-corrected chi connectivity index (χ0v) is 10.6. The van der Waals surface area contributed by atoms with Gasteiger partial charge in [0, 0.05) is 9.85 Å². The second-order valence-corrected chi connectivity index (χ2v) is 5.01. The van der Waals surface area contributed by atoms with E-state index in [1.165, 1.54) is 28.9 Å². The Morgan fingerprint density at radius 2 is 2.40 bits per heavy atom. The maximum atomic E-state index is 11.7. The van der Waals surface area contributed by atoms with Crippen molar-refractivity contribution in [2.75, 3.05) is 0 Å². The van der Waals surface area contributed by atoms with Crippen LogP contribution in [0.1, 0.15) is 15.4 Å². The summed E-state index contributed by atoms with van der Waals surface area (Å²) in [5, 5.41) is 7.47. The highest BCUT2D eigenvalue weighted by Crippen LogP contribution is 2.23. The van der Waals surface area contributed by atoms with Crippen LogP contribution in [0.4, 0.5) is 0 Å². The van der Waals surface area contributed by atoms with Crippen LogP contribution in [0.2, 0.25) is 0 Å². The molecule has 15 heavy (non-hydrogen) atoms. The van der Waals surface area contributed by atoms with Gasteiger partial charge in [-0.1, -0.05) is 4.49 Å². The van der Waals surface area contributed by atoms with Crippen molar-refractivity contribution < 1.29 is 4.79 Å². The molecule has 0 aliphatic heterocycles. The van der Waals surface area contributed by atoms with Crippen LogP contribution in [0, 0.1) is 0 Å². The summed E-state index contributed by atoms with van der Waals surface area (Å²) in [5.74, 6) is -0.0233. The summed E-state index contributed by atoms with van der Waals surface area (Å²) in [7, 11) is 0. The fourth-order valence-corrected chi connectivity index (χ4v) is 2.86. The van der Waals surface area contributed by atoms with Gasteiger partial charge in [-0.25, -0.2) is 0 Å². The van der Waals surface area contributed by atoms with Crippen molar-refractivity contribution in [3.8, 4) is 0 Å². The van der Waals surface area contributed by atoms with Crippen molar-refractivity contribution in [1.29, 1.82) is 0 Å². The van der Waals surface area contributed by atoms with Gasteiger partial charge < -0.3 is 0 Å². The minimum atomic E-state index is -0.0233. The summed E-state index contributed by atoms with van der Waals surface area (Å²) in [5.41, 5.74) is 0.709. The molecule has 0 atom stereocenters. The molecule has 2 aromatic rings. The molecule has 0 aliphatic rings. The molecule has 76 valence electrons. The summed E-state index contributed by atoms with van der Waals surface area (Å²) in [6.07, 6.45) is 3.17. The van der Waals surface area contributed by atoms with Crippen molar-refractivity contribution >= 4 is 50.7 Å². The van der Waals surface area contributed by atoms with E-state index in [0.717, 1.165) is 4.47 Å². The minimum Gasteiger partial charge on any atom is -0.288 e. The number of hydrogen-bond acceptors (Lipinski definition) is 5. The fourth-order valence-electron chi connectivity index (χ4n) is 0.951. The first-order chi connectivity index (χ1) is 7.27. The molecule has 2 rings (SSSR count). The molecule has 0 radical (unpaired) electrons. The summed E-state index contributed by atoms with van der Waals surface area (Å²) < 4.78 is 4.53. The third kappa shape index (κ3) is 2.58.